The second-order valence-corrected chi connectivity index (χ2v) is 8.12. The van der Waals surface area contributed by atoms with E-state index in [0.717, 1.165) is 22.8 Å². The zero-order valence-corrected chi connectivity index (χ0v) is 18.4. The number of aromatic nitrogens is 5. The number of furan rings is 2. The number of nitriles is 1. The predicted octanol–water partition coefficient (Wildman–Crippen LogP) is 3.37. The molecule has 0 saturated heterocycles. The van der Waals surface area contributed by atoms with Crippen molar-refractivity contribution < 1.29 is 13.6 Å². The Morgan fingerprint density at radius 3 is 2.56 bits per heavy atom. The Kier molecular flexibility index (Phi) is 6.42. The van der Waals surface area contributed by atoms with Crippen LogP contribution in [0.25, 0.3) is 0 Å². The topological polar surface area (TPSA) is 128 Å². The lowest BCUT2D eigenvalue weighted by Crippen LogP contribution is -2.17. The van der Waals surface area contributed by atoms with Gasteiger partial charge in [0.25, 0.3) is 0 Å². The van der Waals surface area contributed by atoms with Crippen LogP contribution in [0.4, 0.5) is 5.82 Å². The van der Waals surface area contributed by atoms with Crippen LogP contribution in [0.2, 0.25) is 0 Å². The standard InChI is InChI=1S/C21H21N7O3S/c1-14-15(2)27(12-16-5-3-8-30-16)20(18(14)11-22)23-19(29)7-10-32-21-24-25-26-28(21)13-17-6-4-9-31-17/h3-6,8-9H,7,10,12-13H2,1-2H3,(H,23,29). The van der Waals surface area contributed by atoms with Crippen LogP contribution >= 0.6 is 11.8 Å². The first kappa shape index (κ1) is 21.5. The molecule has 4 heterocycles. The fraction of sp³-hybridized carbons (Fsp3) is 0.286. The summed E-state index contributed by atoms with van der Waals surface area (Å²) in [5.74, 6) is 2.24. The molecular weight excluding hydrogens is 430 g/mol. The molecule has 0 aliphatic rings. The lowest BCUT2D eigenvalue weighted by Gasteiger charge is -2.12. The maximum Gasteiger partial charge on any atom is 0.226 e. The summed E-state index contributed by atoms with van der Waals surface area (Å²) in [6.45, 7) is 4.63. The van der Waals surface area contributed by atoms with E-state index in [2.05, 4.69) is 26.9 Å². The molecule has 0 aliphatic heterocycles. The van der Waals surface area contributed by atoms with Crippen molar-refractivity contribution in [3.63, 3.8) is 0 Å². The number of anilines is 1. The lowest BCUT2D eigenvalue weighted by molar-refractivity contribution is -0.115. The molecule has 0 aliphatic carbocycles. The fourth-order valence-electron chi connectivity index (χ4n) is 3.27. The van der Waals surface area contributed by atoms with Crippen molar-refractivity contribution in [1.82, 2.24) is 24.8 Å². The number of carbonyl (C=O) groups is 1. The van der Waals surface area contributed by atoms with Crippen molar-refractivity contribution in [3.05, 3.63) is 65.1 Å². The van der Waals surface area contributed by atoms with Gasteiger partial charge >= 0.3 is 0 Å². The van der Waals surface area contributed by atoms with Crippen LogP contribution in [0.15, 0.2) is 50.8 Å². The fourth-order valence-corrected chi connectivity index (χ4v) is 4.08. The van der Waals surface area contributed by atoms with Gasteiger partial charge in [-0.25, -0.2) is 4.68 Å². The van der Waals surface area contributed by atoms with Crippen LogP contribution in [-0.4, -0.2) is 36.4 Å². The number of hydrogen-bond acceptors (Lipinski definition) is 8. The third-order valence-corrected chi connectivity index (χ3v) is 6.00. The number of tetrazole rings is 1. The predicted molar refractivity (Wildman–Crippen MR) is 116 cm³/mol. The van der Waals surface area contributed by atoms with Crippen molar-refractivity contribution in [2.75, 3.05) is 11.1 Å². The molecule has 0 radical (unpaired) electrons. The number of thioether (sulfide) groups is 1. The van der Waals surface area contributed by atoms with Crippen molar-refractivity contribution in [2.24, 2.45) is 0 Å². The summed E-state index contributed by atoms with van der Waals surface area (Å²) in [5, 5.41) is 24.8. The van der Waals surface area contributed by atoms with Gasteiger partial charge in [-0.2, -0.15) is 5.26 Å². The number of nitrogens with zero attached hydrogens (tertiary/aromatic N) is 6. The minimum Gasteiger partial charge on any atom is -0.467 e. The van der Waals surface area contributed by atoms with Gasteiger partial charge in [0.05, 0.1) is 24.6 Å². The van der Waals surface area contributed by atoms with E-state index in [-0.39, 0.29) is 12.3 Å². The Bertz CT molecular complexity index is 1230. The largest absolute Gasteiger partial charge is 0.467 e. The number of hydrogen-bond donors (Lipinski definition) is 1. The van der Waals surface area contributed by atoms with Gasteiger partial charge in [0.1, 0.15) is 30.0 Å². The van der Waals surface area contributed by atoms with Crippen molar-refractivity contribution in [3.8, 4) is 6.07 Å². The monoisotopic (exact) mass is 451 g/mol. The minimum absolute atomic E-state index is 0.197. The third kappa shape index (κ3) is 4.60. The molecule has 4 aromatic rings. The number of nitrogens with one attached hydrogen (secondary N) is 1. The van der Waals surface area contributed by atoms with Crippen LogP contribution in [0, 0.1) is 25.2 Å². The first-order chi connectivity index (χ1) is 15.6. The van der Waals surface area contributed by atoms with E-state index < -0.39 is 0 Å². The second-order valence-electron chi connectivity index (χ2n) is 7.06. The first-order valence-electron chi connectivity index (χ1n) is 9.90. The molecule has 0 spiro atoms. The molecule has 10 nitrogen and oxygen atoms in total. The summed E-state index contributed by atoms with van der Waals surface area (Å²) in [6, 6.07) is 9.52. The van der Waals surface area contributed by atoms with Crippen LogP contribution in [0.3, 0.4) is 0 Å². The maximum atomic E-state index is 12.7. The molecule has 0 saturated carbocycles. The van der Waals surface area contributed by atoms with Gasteiger partial charge in [0.15, 0.2) is 0 Å². The normalized spacial score (nSPS) is 10.9. The Hall–Kier alpha value is -3.78. The molecule has 4 aromatic heterocycles. The molecule has 0 atom stereocenters. The van der Waals surface area contributed by atoms with Gasteiger partial charge < -0.3 is 18.7 Å². The molecular formula is C21H21N7O3S. The van der Waals surface area contributed by atoms with Crippen molar-refractivity contribution in [1.29, 1.82) is 5.26 Å². The molecule has 4 rings (SSSR count). The zero-order valence-electron chi connectivity index (χ0n) is 17.6. The molecule has 164 valence electrons. The number of amides is 1. The second kappa shape index (κ2) is 9.57. The molecule has 0 unspecified atom stereocenters. The molecule has 0 bridgehead atoms. The zero-order chi connectivity index (χ0) is 22.5. The summed E-state index contributed by atoms with van der Waals surface area (Å²) in [6.07, 6.45) is 3.42. The van der Waals surface area contributed by atoms with Crippen LogP contribution in [0.1, 0.15) is 34.8 Å². The van der Waals surface area contributed by atoms with Gasteiger partial charge in [-0.05, 0) is 54.1 Å². The van der Waals surface area contributed by atoms with Crippen LogP contribution in [-0.2, 0) is 17.9 Å². The third-order valence-electron chi connectivity index (χ3n) is 5.04. The Balaban J connectivity index is 1.40. The van der Waals surface area contributed by atoms with E-state index in [1.165, 1.54) is 11.8 Å². The number of carbonyl (C=O) groups excluding carboxylic acids is 1. The molecule has 0 aromatic carbocycles. The van der Waals surface area contributed by atoms with Gasteiger partial charge in [-0.1, -0.05) is 11.8 Å². The molecule has 32 heavy (non-hydrogen) atoms. The Morgan fingerprint density at radius 1 is 1.19 bits per heavy atom. The van der Waals surface area contributed by atoms with Gasteiger partial charge in [-0.3, -0.25) is 4.79 Å². The number of rotatable bonds is 9. The summed E-state index contributed by atoms with van der Waals surface area (Å²) < 4.78 is 14.3. The minimum atomic E-state index is -0.197. The smallest absolute Gasteiger partial charge is 0.226 e. The summed E-state index contributed by atoms with van der Waals surface area (Å²) in [7, 11) is 0. The molecule has 11 heteroatoms. The van der Waals surface area contributed by atoms with E-state index in [1.807, 2.05) is 30.5 Å². The Morgan fingerprint density at radius 2 is 1.91 bits per heavy atom. The summed E-state index contributed by atoms with van der Waals surface area (Å²) >= 11 is 1.38. The van der Waals surface area contributed by atoms with Crippen LogP contribution < -0.4 is 5.32 Å². The highest BCUT2D eigenvalue weighted by Gasteiger charge is 2.20. The summed E-state index contributed by atoms with van der Waals surface area (Å²) in [5.41, 5.74) is 2.19. The maximum absolute atomic E-state index is 12.7. The average molecular weight is 452 g/mol. The van der Waals surface area contributed by atoms with E-state index in [0.29, 0.717) is 35.4 Å². The SMILES string of the molecule is Cc1c(C#N)c(NC(=O)CCSc2nnnn2Cc2ccco2)n(Cc2ccco2)c1C. The first-order valence-corrected chi connectivity index (χ1v) is 10.9. The molecule has 1 N–H and O–H groups in total. The van der Waals surface area contributed by atoms with Crippen LogP contribution in [0.5, 0.6) is 0 Å². The van der Waals surface area contributed by atoms with Crippen molar-refractivity contribution >= 4 is 23.5 Å². The van der Waals surface area contributed by atoms with E-state index >= 15 is 0 Å². The van der Waals surface area contributed by atoms with Gasteiger partial charge in [0.2, 0.25) is 11.1 Å². The molecule has 1 amide bonds. The quantitative estimate of drug-likeness (QED) is 0.384. The van der Waals surface area contributed by atoms with E-state index in [4.69, 9.17) is 8.83 Å². The Labute approximate surface area is 188 Å². The molecule has 0 fully saturated rings. The highest BCUT2D eigenvalue weighted by Crippen LogP contribution is 2.28. The lowest BCUT2D eigenvalue weighted by atomic mass is 10.2. The van der Waals surface area contributed by atoms with Crippen molar-refractivity contribution in [2.45, 2.75) is 38.5 Å². The highest BCUT2D eigenvalue weighted by molar-refractivity contribution is 7.99. The highest BCUT2D eigenvalue weighted by atomic mass is 32.2. The average Bonchev–Trinajstić information content (AvgIpc) is 3.57. The van der Waals surface area contributed by atoms with Gasteiger partial charge in [0, 0.05) is 17.9 Å². The van der Waals surface area contributed by atoms with E-state index in [1.54, 1.807) is 29.3 Å². The van der Waals surface area contributed by atoms with E-state index in [9.17, 15) is 10.1 Å². The van der Waals surface area contributed by atoms with Gasteiger partial charge in [-0.15, -0.1) is 5.10 Å². The summed E-state index contributed by atoms with van der Waals surface area (Å²) in [4.78, 5) is 12.7.